The lowest BCUT2D eigenvalue weighted by Crippen LogP contribution is -2.58. The summed E-state index contributed by atoms with van der Waals surface area (Å²) in [6, 6.07) is 7.43. The fourth-order valence-electron chi connectivity index (χ4n) is 3.42. The molecule has 3 amide bonds. The van der Waals surface area contributed by atoms with Gasteiger partial charge in [-0.15, -0.1) is 0 Å². The molecule has 0 saturated carbocycles. The average Bonchev–Trinajstić information content (AvgIpc) is 2.74. The highest BCUT2D eigenvalue weighted by molar-refractivity contribution is 5.99. The second-order valence-electron chi connectivity index (χ2n) is 8.07. The molecule has 9 nitrogen and oxygen atoms in total. The average molecular weight is 433 g/mol. The van der Waals surface area contributed by atoms with E-state index in [4.69, 9.17) is 0 Å². The van der Waals surface area contributed by atoms with Crippen molar-refractivity contribution in [3.05, 3.63) is 41.6 Å². The Labute approximate surface area is 182 Å². The molecule has 31 heavy (non-hydrogen) atoms. The van der Waals surface area contributed by atoms with Gasteiger partial charge in [-0.05, 0) is 30.9 Å². The maximum atomic E-state index is 13.0. The molecule has 1 aromatic rings. The van der Waals surface area contributed by atoms with Crippen LogP contribution in [-0.2, 0) is 14.4 Å². The van der Waals surface area contributed by atoms with Crippen molar-refractivity contribution < 1.29 is 24.6 Å². The standard InChI is InChI=1S/C22H32N4O5/c1-14(2)10-17-22(31)25(4)18(11-16-8-6-5-7-9-16)21(30)23-12-19(28)26(13-27)15(3)20(29)24-17/h5-9,11,14-15,17,22,27,31H,10,12-13H2,1-4H3,(H,23,30)(H,24,29)/b18-11-/t15-,17-,22-/m0/s1. The molecule has 1 heterocycles. The second kappa shape index (κ2) is 10.9. The van der Waals surface area contributed by atoms with Crippen LogP contribution in [0.3, 0.4) is 0 Å². The minimum Gasteiger partial charge on any atom is -0.376 e. The molecule has 0 unspecified atom stereocenters. The number of hydrogen-bond donors (Lipinski definition) is 4. The summed E-state index contributed by atoms with van der Waals surface area (Å²) in [7, 11) is 1.57. The summed E-state index contributed by atoms with van der Waals surface area (Å²) in [5, 5.41) is 26.0. The Balaban J connectivity index is 2.49. The van der Waals surface area contributed by atoms with Crippen LogP contribution in [0, 0.1) is 5.92 Å². The molecule has 0 radical (unpaired) electrons. The van der Waals surface area contributed by atoms with Gasteiger partial charge in [0.2, 0.25) is 11.8 Å². The van der Waals surface area contributed by atoms with Crippen LogP contribution in [0.5, 0.6) is 0 Å². The normalized spacial score (nSPS) is 25.2. The molecule has 0 aliphatic carbocycles. The van der Waals surface area contributed by atoms with E-state index in [1.807, 2.05) is 44.2 Å². The number of nitrogens with zero attached hydrogens (tertiary/aromatic N) is 2. The van der Waals surface area contributed by atoms with Gasteiger partial charge in [0.25, 0.3) is 5.91 Å². The first-order chi connectivity index (χ1) is 14.6. The van der Waals surface area contributed by atoms with Crippen LogP contribution in [0.4, 0.5) is 0 Å². The molecule has 1 aliphatic heterocycles. The monoisotopic (exact) mass is 432 g/mol. The number of amides is 3. The topological polar surface area (TPSA) is 122 Å². The zero-order valence-electron chi connectivity index (χ0n) is 18.4. The Kier molecular flexibility index (Phi) is 8.58. The van der Waals surface area contributed by atoms with Gasteiger partial charge in [0.1, 0.15) is 24.7 Å². The van der Waals surface area contributed by atoms with E-state index in [1.165, 1.54) is 11.8 Å². The first-order valence-electron chi connectivity index (χ1n) is 10.3. The van der Waals surface area contributed by atoms with E-state index in [-0.39, 0.29) is 11.6 Å². The third-order valence-electron chi connectivity index (χ3n) is 5.25. The number of nitrogens with one attached hydrogen (secondary N) is 2. The Hall–Kier alpha value is -2.91. The second-order valence-corrected chi connectivity index (χ2v) is 8.07. The van der Waals surface area contributed by atoms with Gasteiger partial charge in [-0.25, -0.2) is 0 Å². The van der Waals surface area contributed by atoms with Gasteiger partial charge in [0.15, 0.2) is 0 Å². The van der Waals surface area contributed by atoms with E-state index < -0.39 is 49.3 Å². The maximum Gasteiger partial charge on any atom is 0.268 e. The van der Waals surface area contributed by atoms with Gasteiger partial charge in [0, 0.05) is 7.05 Å². The van der Waals surface area contributed by atoms with Crippen LogP contribution in [0.1, 0.15) is 32.8 Å². The fraction of sp³-hybridized carbons (Fsp3) is 0.500. The Morgan fingerprint density at radius 1 is 1.19 bits per heavy atom. The third kappa shape index (κ3) is 6.28. The van der Waals surface area contributed by atoms with Crippen molar-refractivity contribution in [2.24, 2.45) is 5.92 Å². The molecule has 0 bridgehead atoms. The zero-order valence-corrected chi connectivity index (χ0v) is 18.4. The smallest absolute Gasteiger partial charge is 0.268 e. The van der Waals surface area contributed by atoms with Crippen LogP contribution in [0.2, 0.25) is 0 Å². The molecule has 1 fully saturated rings. The third-order valence-corrected chi connectivity index (χ3v) is 5.25. The van der Waals surface area contributed by atoms with Crippen molar-refractivity contribution in [2.45, 2.75) is 45.5 Å². The molecular formula is C22H32N4O5. The highest BCUT2D eigenvalue weighted by atomic mass is 16.3. The largest absolute Gasteiger partial charge is 0.376 e. The van der Waals surface area contributed by atoms with Crippen molar-refractivity contribution in [3.8, 4) is 0 Å². The van der Waals surface area contributed by atoms with Crippen LogP contribution >= 0.6 is 0 Å². The quantitative estimate of drug-likeness (QED) is 0.501. The molecule has 0 aromatic heterocycles. The highest BCUT2D eigenvalue weighted by Crippen LogP contribution is 2.18. The van der Waals surface area contributed by atoms with E-state index in [0.717, 1.165) is 10.5 Å². The number of aliphatic hydroxyl groups is 2. The summed E-state index contributed by atoms with van der Waals surface area (Å²) in [5.41, 5.74) is 0.874. The van der Waals surface area contributed by atoms with Gasteiger partial charge in [0.05, 0.1) is 12.6 Å². The number of carbonyl (C=O) groups excluding carboxylic acids is 3. The summed E-state index contributed by atoms with van der Waals surface area (Å²) >= 11 is 0. The van der Waals surface area contributed by atoms with Gasteiger partial charge < -0.3 is 30.6 Å². The first kappa shape index (κ1) is 24.4. The van der Waals surface area contributed by atoms with Gasteiger partial charge in [-0.1, -0.05) is 44.2 Å². The van der Waals surface area contributed by atoms with Crippen LogP contribution in [0.15, 0.2) is 36.0 Å². The van der Waals surface area contributed by atoms with Crippen LogP contribution in [-0.4, -0.2) is 76.4 Å². The minimum atomic E-state index is -1.20. The predicted octanol–water partition coefficient (Wildman–Crippen LogP) is 0.105. The lowest BCUT2D eigenvalue weighted by atomic mass is 10.0. The number of likely N-dealkylation sites (N-methyl/N-ethyl adjacent to an activating group) is 1. The maximum absolute atomic E-state index is 13.0. The Bertz CT molecular complexity index is 811. The van der Waals surface area contributed by atoms with Crippen molar-refractivity contribution in [3.63, 3.8) is 0 Å². The highest BCUT2D eigenvalue weighted by Gasteiger charge is 2.34. The molecule has 2 rings (SSSR count). The number of carbonyl (C=O) groups is 3. The number of benzene rings is 1. The lowest BCUT2D eigenvalue weighted by Gasteiger charge is -2.36. The molecule has 170 valence electrons. The fourth-order valence-corrected chi connectivity index (χ4v) is 3.42. The minimum absolute atomic E-state index is 0.138. The molecule has 0 spiro atoms. The summed E-state index contributed by atoms with van der Waals surface area (Å²) in [5.74, 6) is -1.51. The number of hydrogen-bond acceptors (Lipinski definition) is 6. The lowest BCUT2D eigenvalue weighted by molar-refractivity contribution is -0.145. The Morgan fingerprint density at radius 3 is 2.42 bits per heavy atom. The van der Waals surface area contributed by atoms with Crippen molar-refractivity contribution >= 4 is 23.8 Å². The number of aliphatic hydroxyl groups excluding tert-OH is 2. The molecule has 1 aliphatic rings. The van der Waals surface area contributed by atoms with Crippen LogP contribution in [0.25, 0.3) is 6.08 Å². The van der Waals surface area contributed by atoms with E-state index in [9.17, 15) is 24.6 Å². The molecule has 9 heteroatoms. The summed E-state index contributed by atoms with van der Waals surface area (Å²) in [4.78, 5) is 40.6. The predicted molar refractivity (Wildman–Crippen MR) is 116 cm³/mol. The molecular weight excluding hydrogens is 400 g/mol. The van der Waals surface area contributed by atoms with E-state index in [0.29, 0.717) is 6.42 Å². The summed E-state index contributed by atoms with van der Waals surface area (Å²) in [6.07, 6.45) is 0.851. The SMILES string of the molecule is CC(C)C[C@@H]1NC(=O)[C@H](C)N(CO)C(=O)CNC(=O)/C(=C/c2ccccc2)N(C)[C@H]1O. The zero-order chi connectivity index (χ0) is 23.1. The molecule has 3 atom stereocenters. The van der Waals surface area contributed by atoms with Gasteiger partial charge >= 0.3 is 0 Å². The molecule has 4 N–H and O–H groups in total. The van der Waals surface area contributed by atoms with Gasteiger partial charge in [-0.2, -0.15) is 0 Å². The van der Waals surface area contributed by atoms with E-state index in [1.54, 1.807) is 13.1 Å². The van der Waals surface area contributed by atoms with E-state index >= 15 is 0 Å². The summed E-state index contributed by atoms with van der Waals surface area (Å²) < 4.78 is 0. The van der Waals surface area contributed by atoms with Gasteiger partial charge in [-0.3, -0.25) is 14.4 Å². The van der Waals surface area contributed by atoms with E-state index in [2.05, 4.69) is 10.6 Å². The number of rotatable bonds is 4. The molecule has 1 saturated heterocycles. The van der Waals surface area contributed by atoms with Crippen molar-refractivity contribution in [1.82, 2.24) is 20.4 Å². The van der Waals surface area contributed by atoms with Crippen LogP contribution < -0.4 is 10.6 Å². The molecule has 1 aromatic carbocycles. The Morgan fingerprint density at radius 2 is 1.84 bits per heavy atom. The summed E-state index contributed by atoms with van der Waals surface area (Å²) in [6.45, 7) is 4.32. The first-order valence-corrected chi connectivity index (χ1v) is 10.3. The van der Waals surface area contributed by atoms with Crippen molar-refractivity contribution in [1.29, 1.82) is 0 Å². The van der Waals surface area contributed by atoms with Crippen molar-refractivity contribution in [2.75, 3.05) is 20.3 Å².